The standard InChI is InChI=1S/C12H14N4O2/c1-8-7-13-12(6-11(8)16(17)18)14-15-9(2)4-5-10(15)3/h4-7H,1-3H3,(H,13,14). The molecule has 0 aliphatic heterocycles. The first-order chi connectivity index (χ1) is 8.49. The molecule has 6 nitrogen and oxygen atoms in total. The van der Waals surface area contributed by atoms with Gasteiger partial charge in [-0.15, -0.1) is 0 Å². The lowest BCUT2D eigenvalue weighted by Gasteiger charge is -2.11. The van der Waals surface area contributed by atoms with Crippen molar-refractivity contribution in [3.8, 4) is 0 Å². The van der Waals surface area contributed by atoms with Gasteiger partial charge in [0.2, 0.25) is 0 Å². The van der Waals surface area contributed by atoms with Crippen LogP contribution in [0.2, 0.25) is 0 Å². The number of nitrogens with one attached hydrogen (secondary N) is 1. The SMILES string of the molecule is Cc1cnc(Nn2c(C)ccc2C)cc1[N+](=O)[O-]. The summed E-state index contributed by atoms with van der Waals surface area (Å²) in [6.07, 6.45) is 1.49. The summed E-state index contributed by atoms with van der Waals surface area (Å²) in [5.41, 5.74) is 5.68. The maximum Gasteiger partial charge on any atom is 0.277 e. The van der Waals surface area contributed by atoms with Crippen molar-refractivity contribution < 1.29 is 4.92 Å². The first-order valence-electron chi connectivity index (χ1n) is 5.52. The molecule has 18 heavy (non-hydrogen) atoms. The molecule has 6 heteroatoms. The molecule has 0 radical (unpaired) electrons. The lowest BCUT2D eigenvalue weighted by Crippen LogP contribution is -2.13. The van der Waals surface area contributed by atoms with E-state index in [9.17, 15) is 10.1 Å². The van der Waals surface area contributed by atoms with E-state index in [1.807, 2.05) is 30.7 Å². The minimum absolute atomic E-state index is 0.0648. The lowest BCUT2D eigenvalue weighted by atomic mass is 10.2. The minimum atomic E-state index is -0.405. The minimum Gasteiger partial charge on any atom is -0.277 e. The summed E-state index contributed by atoms with van der Waals surface area (Å²) in [5, 5.41) is 10.9. The summed E-state index contributed by atoms with van der Waals surface area (Å²) < 4.78 is 1.83. The van der Waals surface area contributed by atoms with Gasteiger partial charge in [0.05, 0.1) is 11.0 Å². The molecule has 2 aromatic rings. The average molecular weight is 246 g/mol. The Morgan fingerprint density at radius 2 is 1.89 bits per heavy atom. The van der Waals surface area contributed by atoms with E-state index in [2.05, 4.69) is 10.4 Å². The van der Waals surface area contributed by atoms with E-state index in [1.54, 1.807) is 6.92 Å². The van der Waals surface area contributed by atoms with Gasteiger partial charge in [-0.1, -0.05) is 0 Å². The van der Waals surface area contributed by atoms with Crippen molar-refractivity contribution in [2.24, 2.45) is 0 Å². The third-order valence-corrected chi connectivity index (χ3v) is 2.77. The van der Waals surface area contributed by atoms with Gasteiger partial charge in [0, 0.05) is 23.1 Å². The number of aryl methyl sites for hydroxylation is 3. The van der Waals surface area contributed by atoms with Crippen molar-refractivity contribution in [2.45, 2.75) is 20.8 Å². The molecule has 94 valence electrons. The van der Waals surface area contributed by atoms with Crippen molar-refractivity contribution in [1.29, 1.82) is 0 Å². The van der Waals surface area contributed by atoms with Gasteiger partial charge in [0.15, 0.2) is 5.82 Å². The molecule has 0 amide bonds. The Balaban J connectivity index is 2.36. The average Bonchev–Trinajstić information content (AvgIpc) is 2.63. The smallest absolute Gasteiger partial charge is 0.277 e. The molecule has 0 saturated carbocycles. The van der Waals surface area contributed by atoms with Gasteiger partial charge in [0.1, 0.15) is 0 Å². The summed E-state index contributed by atoms with van der Waals surface area (Å²) in [6.45, 7) is 5.56. The zero-order valence-corrected chi connectivity index (χ0v) is 10.5. The maximum absolute atomic E-state index is 10.9. The first kappa shape index (κ1) is 12.1. The van der Waals surface area contributed by atoms with Crippen molar-refractivity contribution >= 4 is 11.5 Å². The van der Waals surface area contributed by atoms with E-state index in [0.29, 0.717) is 11.4 Å². The third kappa shape index (κ3) is 2.17. The number of aromatic nitrogens is 2. The number of nitrogens with zero attached hydrogens (tertiary/aromatic N) is 3. The van der Waals surface area contributed by atoms with E-state index in [-0.39, 0.29) is 5.69 Å². The molecule has 0 bridgehead atoms. The lowest BCUT2D eigenvalue weighted by molar-refractivity contribution is -0.385. The molecular formula is C12H14N4O2. The number of nitro groups is 1. The van der Waals surface area contributed by atoms with Gasteiger partial charge in [0.25, 0.3) is 5.69 Å². The predicted octanol–water partition coefficient (Wildman–Crippen LogP) is 2.59. The number of anilines is 1. The van der Waals surface area contributed by atoms with Crippen molar-refractivity contribution in [1.82, 2.24) is 9.66 Å². The van der Waals surface area contributed by atoms with Gasteiger partial charge >= 0.3 is 0 Å². The van der Waals surface area contributed by atoms with Crippen LogP contribution in [0.25, 0.3) is 0 Å². The van der Waals surface area contributed by atoms with Crippen molar-refractivity contribution in [3.63, 3.8) is 0 Å². The van der Waals surface area contributed by atoms with Gasteiger partial charge < -0.3 is 0 Å². The van der Waals surface area contributed by atoms with Crippen molar-refractivity contribution in [3.05, 3.63) is 51.5 Å². The van der Waals surface area contributed by atoms with Crippen molar-refractivity contribution in [2.75, 3.05) is 5.43 Å². The monoisotopic (exact) mass is 246 g/mol. The highest BCUT2D eigenvalue weighted by Crippen LogP contribution is 2.20. The van der Waals surface area contributed by atoms with Crippen LogP contribution in [0.15, 0.2) is 24.4 Å². The Bertz CT molecular complexity index is 585. The van der Waals surface area contributed by atoms with Gasteiger partial charge in [-0.3, -0.25) is 20.2 Å². The molecule has 0 unspecified atom stereocenters. The molecule has 2 rings (SSSR count). The van der Waals surface area contributed by atoms with Crippen LogP contribution in [-0.4, -0.2) is 14.6 Å². The molecule has 0 aromatic carbocycles. The Morgan fingerprint density at radius 3 is 2.44 bits per heavy atom. The molecule has 0 aliphatic carbocycles. The van der Waals surface area contributed by atoms with Crippen LogP contribution in [0, 0.1) is 30.9 Å². The van der Waals surface area contributed by atoms with Gasteiger partial charge in [-0.05, 0) is 32.9 Å². The second kappa shape index (κ2) is 4.48. The summed E-state index contributed by atoms with van der Waals surface area (Å²) in [6, 6.07) is 5.37. The summed E-state index contributed by atoms with van der Waals surface area (Å²) in [4.78, 5) is 14.6. The number of hydrogen-bond acceptors (Lipinski definition) is 4. The first-order valence-corrected chi connectivity index (χ1v) is 5.52. The fraction of sp³-hybridized carbons (Fsp3) is 0.250. The van der Waals surface area contributed by atoms with Crippen LogP contribution in [0.4, 0.5) is 11.5 Å². The maximum atomic E-state index is 10.9. The Hall–Kier alpha value is -2.37. The summed E-state index contributed by atoms with van der Waals surface area (Å²) in [7, 11) is 0. The van der Waals surface area contributed by atoms with E-state index in [4.69, 9.17) is 0 Å². The zero-order valence-electron chi connectivity index (χ0n) is 10.5. The van der Waals surface area contributed by atoms with Crippen LogP contribution < -0.4 is 5.43 Å². The normalized spacial score (nSPS) is 10.4. The van der Waals surface area contributed by atoms with E-state index < -0.39 is 4.92 Å². The number of hydrogen-bond donors (Lipinski definition) is 1. The second-order valence-electron chi connectivity index (χ2n) is 4.18. The molecule has 0 saturated heterocycles. The highest BCUT2D eigenvalue weighted by atomic mass is 16.6. The van der Waals surface area contributed by atoms with Crippen LogP contribution in [0.3, 0.4) is 0 Å². The molecule has 0 fully saturated rings. The fourth-order valence-electron chi connectivity index (χ4n) is 1.73. The van der Waals surface area contributed by atoms with Crippen LogP contribution in [0.5, 0.6) is 0 Å². The van der Waals surface area contributed by atoms with E-state index >= 15 is 0 Å². The quantitative estimate of drug-likeness (QED) is 0.667. The predicted molar refractivity (Wildman–Crippen MR) is 68.6 cm³/mol. The number of pyridine rings is 1. The summed E-state index contributed by atoms with van der Waals surface area (Å²) >= 11 is 0. The van der Waals surface area contributed by atoms with E-state index in [1.165, 1.54) is 12.3 Å². The zero-order chi connectivity index (χ0) is 13.3. The second-order valence-corrected chi connectivity index (χ2v) is 4.18. The third-order valence-electron chi connectivity index (χ3n) is 2.77. The highest BCUT2D eigenvalue weighted by molar-refractivity contribution is 5.49. The largest absolute Gasteiger partial charge is 0.277 e. The van der Waals surface area contributed by atoms with Gasteiger partial charge in [-0.2, -0.15) is 0 Å². The van der Waals surface area contributed by atoms with Crippen LogP contribution in [-0.2, 0) is 0 Å². The molecule has 2 heterocycles. The number of rotatable bonds is 3. The fourth-order valence-corrected chi connectivity index (χ4v) is 1.73. The highest BCUT2D eigenvalue weighted by Gasteiger charge is 2.12. The molecular weight excluding hydrogens is 232 g/mol. The Kier molecular flexibility index (Phi) is 3.01. The molecule has 2 aromatic heterocycles. The summed E-state index contributed by atoms with van der Waals surface area (Å²) in [5.74, 6) is 0.453. The Morgan fingerprint density at radius 1 is 1.28 bits per heavy atom. The van der Waals surface area contributed by atoms with Crippen LogP contribution in [0.1, 0.15) is 17.0 Å². The molecule has 0 spiro atoms. The topological polar surface area (TPSA) is 73.0 Å². The molecule has 1 N–H and O–H groups in total. The molecule has 0 atom stereocenters. The Labute approximate surface area is 104 Å². The van der Waals surface area contributed by atoms with E-state index in [0.717, 1.165) is 11.4 Å². The van der Waals surface area contributed by atoms with Gasteiger partial charge in [-0.25, -0.2) is 4.98 Å². The molecule has 0 aliphatic rings. The van der Waals surface area contributed by atoms with Crippen LogP contribution >= 0.6 is 0 Å².